The van der Waals surface area contributed by atoms with E-state index in [2.05, 4.69) is 0 Å². The second kappa shape index (κ2) is 5.07. The van der Waals surface area contributed by atoms with Crippen LogP contribution in [0, 0.1) is 11.8 Å². The minimum absolute atomic E-state index is 0.0884. The van der Waals surface area contributed by atoms with Crippen molar-refractivity contribution in [1.82, 2.24) is 4.90 Å². The normalized spacial score (nSPS) is 33.8. The number of halogens is 3. The summed E-state index contributed by atoms with van der Waals surface area (Å²) in [6.07, 6.45) is -3.14. The number of aliphatic hydroxyl groups excluding tert-OH is 1. The SMILES string of the molecule is O=C(C1CCCC(C(F)(F)F)C1)N1CCC(O)C1. The van der Waals surface area contributed by atoms with Crippen LogP contribution >= 0.6 is 0 Å². The molecule has 0 radical (unpaired) electrons. The number of hydrogen-bond donors (Lipinski definition) is 1. The van der Waals surface area contributed by atoms with E-state index in [9.17, 15) is 23.1 Å². The van der Waals surface area contributed by atoms with Gasteiger partial charge >= 0.3 is 6.18 Å². The molecule has 3 unspecified atom stereocenters. The van der Waals surface area contributed by atoms with Gasteiger partial charge in [-0.15, -0.1) is 0 Å². The van der Waals surface area contributed by atoms with Gasteiger partial charge in [-0.05, 0) is 25.7 Å². The molecule has 3 atom stereocenters. The van der Waals surface area contributed by atoms with Crippen molar-refractivity contribution in [3.8, 4) is 0 Å². The van der Waals surface area contributed by atoms with Crippen LogP contribution in [0.5, 0.6) is 0 Å². The molecule has 1 saturated carbocycles. The fourth-order valence-corrected chi connectivity index (χ4v) is 2.91. The lowest BCUT2D eigenvalue weighted by Gasteiger charge is -2.32. The number of nitrogens with zero attached hydrogens (tertiary/aromatic N) is 1. The highest BCUT2D eigenvalue weighted by atomic mass is 19.4. The van der Waals surface area contributed by atoms with Gasteiger partial charge in [0.1, 0.15) is 0 Å². The van der Waals surface area contributed by atoms with Crippen molar-refractivity contribution in [2.24, 2.45) is 11.8 Å². The van der Waals surface area contributed by atoms with Gasteiger partial charge in [0.15, 0.2) is 0 Å². The van der Waals surface area contributed by atoms with E-state index in [1.807, 2.05) is 0 Å². The van der Waals surface area contributed by atoms with Crippen LogP contribution in [0.3, 0.4) is 0 Å². The van der Waals surface area contributed by atoms with Gasteiger partial charge in [0.25, 0.3) is 0 Å². The second-order valence-corrected chi connectivity index (χ2v) is 5.33. The zero-order valence-electron chi connectivity index (χ0n) is 10.1. The molecule has 6 heteroatoms. The zero-order valence-corrected chi connectivity index (χ0v) is 10.1. The molecule has 1 N–H and O–H groups in total. The second-order valence-electron chi connectivity index (χ2n) is 5.33. The summed E-state index contributed by atoms with van der Waals surface area (Å²) in [6.45, 7) is 0.735. The third-order valence-corrected chi connectivity index (χ3v) is 3.96. The number of carbonyl (C=O) groups is 1. The van der Waals surface area contributed by atoms with Crippen LogP contribution in [0.2, 0.25) is 0 Å². The lowest BCUT2D eigenvalue weighted by molar-refractivity contribution is -0.187. The maximum atomic E-state index is 12.7. The summed E-state index contributed by atoms with van der Waals surface area (Å²) < 4.78 is 38.0. The molecule has 18 heavy (non-hydrogen) atoms. The van der Waals surface area contributed by atoms with Crippen LogP contribution < -0.4 is 0 Å². The number of amides is 1. The molecule has 2 aliphatic rings. The van der Waals surface area contributed by atoms with E-state index in [0.717, 1.165) is 0 Å². The average molecular weight is 265 g/mol. The predicted octanol–water partition coefficient (Wildman–Crippen LogP) is 1.95. The van der Waals surface area contributed by atoms with Gasteiger partial charge in [-0.2, -0.15) is 13.2 Å². The van der Waals surface area contributed by atoms with Crippen LogP contribution in [0.25, 0.3) is 0 Å². The third-order valence-electron chi connectivity index (χ3n) is 3.96. The van der Waals surface area contributed by atoms with Gasteiger partial charge in [-0.1, -0.05) is 6.42 Å². The largest absolute Gasteiger partial charge is 0.391 e. The quantitative estimate of drug-likeness (QED) is 0.787. The fourth-order valence-electron chi connectivity index (χ4n) is 2.91. The number of β-amino-alcohol motifs (C(OH)–C–C–N with tert-alkyl or cyclic N) is 1. The first kappa shape index (κ1) is 13.6. The Morgan fingerprint density at radius 1 is 1.22 bits per heavy atom. The molecule has 0 aromatic carbocycles. The summed E-state index contributed by atoms with van der Waals surface area (Å²) in [4.78, 5) is 13.6. The highest BCUT2D eigenvalue weighted by Gasteiger charge is 2.44. The number of carbonyl (C=O) groups excluding carboxylic acids is 1. The molecule has 1 aliphatic heterocycles. The Morgan fingerprint density at radius 2 is 1.94 bits per heavy atom. The highest BCUT2D eigenvalue weighted by Crippen LogP contribution is 2.40. The molecule has 0 spiro atoms. The Morgan fingerprint density at radius 3 is 2.50 bits per heavy atom. The molecule has 2 rings (SSSR count). The molecule has 1 heterocycles. The van der Waals surface area contributed by atoms with Crippen molar-refractivity contribution in [2.45, 2.75) is 44.4 Å². The molecular formula is C12H18F3NO2. The minimum Gasteiger partial charge on any atom is -0.391 e. The summed E-state index contributed by atoms with van der Waals surface area (Å²) in [6, 6.07) is 0. The lowest BCUT2D eigenvalue weighted by atomic mass is 9.80. The Kier molecular flexibility index (Phi) is 3.84. The number of likely N-dealkylation sites (tertiary alicyclic amines) is 1. The summed E-state index contributed by atoms with van der Waals surface area (Å²) in [5.41, 5.74) is 0. The molecule has 0 bridgehead atoms. The third kappa shape index (κ3) is 2.96. The monoisotopic (exact) mass is 265 g/mol. The zero-order chi connectivity index (χ0) is 13.3. The Labute approximate surface area is 104 Å². The van der Waals surface area contributed by atoms with E-state index in [4.69, 9.17) is 0 Å². The van der Waals surface area contributed by atoms with Crippen LogP contribution in [0.1, 0.15) is 32.1 Å². The van der Waals surface area contributed by atoms with Gasteiger partial charge < -0.3 is 10.0 Å². The Bertz CT molecular complexity index is 319. The number of aliphatic hydroxyl groups is 1. The van der Waals surface area contributed by atoms with E-state index >= 15 is 0 Å². The first-order chi connectivity index (χ1) is 8.38. The standard InChI is InChI=1S/C12H18F3NO2/c13-12(14,15)9-3-1-2-8(6-9)11(18)16-5-4-10(17)7-16/h8-10,17H,1-7H2. The Hall–Kier alpha value is -0.780. The topological polar surface area (TPSA) is 40.5 Å². The van der Waals surface area contributed by atoms with Crippen LogP contribution in [0.4, 0.5) is 13.2 Å². The van der Waals surface area contributed by atoms with Crippen LogP contribution in [0.15, 0.2) is 0 Å². The van der Waals surface area contributed by atoms with E-state index in [0.29, 0.717) is 25.8 Å². The summed E-state index contributed by atoms with van der Waals surface area (Å²) in [5.74, 6) is -2.07. The Balaban J connectivity index is 1.94. The summed E-state index contributed by atoms with van der Waals surface area (Å²) in [5, 5.41) is 9.35. The minimum atomic E-state index is -4.19. The number of alkyl halides is 3. The maximum absolute atomic E-state index is 12.7. The molecule has 104 valence electrons. The average Bonchev–Trinajstić information content (AvgIpc) is 2.74. The molecule has 0 aromatic heterocycles. The maximum Gasteiger partial charge on any atom is 0.391 e. The van der Waals surface area contributed by atoms with E-state index in [-0.39, 0.29) is 25.3 Å². The first-order valence-electron chi connectivity index (χ1n) is 6.41. The van der Waals surface area contributed by atoms with Crippen molar-refractivity contribution < 1.29 is 23.1 Å². The molecule has 1 amide bonds. The molecule has 0 aromatic rings. The highest BCUT2D eigenvalue weighted by molar-refractivity contribution is 5.79. The molecule has 1 aliphatic carbocycles. The van der Waals surface area contributed by atoms with Crippen LogP contribution in [-0.4, -0.2) is 41.3 Å². The predicted molar refractivity (Wildman–Crippen MR) is 58.7 cm³/mol. The van der Waals surface area contributed by atoms with Crippen molar-refractivity contribution in [2.75, 3.05) is 13.1 Å². The summed E-state index contributed by atoms with van der Waals surface area (Å²) in [7, 11) is 0. The molecular weight excluding hydrogens is 247 g/mol. The lowest BCUT2D eigenvalue weighted by Crippen LogP contribution is -2.39. The van der Waals surface area contributed by atoms with Crippen molar-refractivity contribution in [1.29, 1.82) is 0 Å². The summed E-state index contributed by atoms with van der Waals surface area (Å²) >= 11 is 0. The van der Waals surface area contributed by atoms with Crippen molar-refractivity contribution >= 4 is 5.91 Å². The van der Waals surface area contributed by atoms with Gasteiger partial charge in [-0.3, -0.25) is 4.79 Å². The van der Waals surface area contributed by atoms with Gasteiger partial charge in [0.2, 0.25) is 5.91 Å². The van der Waals surface area contributed by atoms with E-state index in [1.54, 1.807) is 0 Å². The van der Waals surface area contributed by atoms with Gasteiger partial charge in [0.05, 0.1) is 12.0 Å². The number of hydrogen-bond acceptors (Lipinski definition) is 2. The first-order valence-corrected chi connectivity index (χ1v) is 6.41. The van der Waals surface area contributed by atoms with Crippen molar-refractivity contribution in [3.63, 3.8) is 0 Å². The van der Waals surface area contributed by atoms with Gasteiger partial charge in [0, 0.05) is 19.0 Å². The van der Waals surface area contributed by atoms with E-state index in [1.165, 1.54) is 4.90 Å². The van der Waals surface area contributed by atoms with Crippen LogP contribution in [-0.2, 0) is 4.79 Å². The smallest absolute Gasteiger partial charge is 0.391 e. The molecule has 1 saturated heterocycles. The number of rotatable bonds is 1. The van der Waals surface area contributed by atoms with Gasteiger partial charge in [-0.25, -0.2) is 0 Å². The van der Waals surface area contributed by atoms with Crippen molar-refractivity contribution in [3.05, 3.63) is 0 Å². The molecule has 3 nitrogen and oxygen atoms in total. The fraction of sp³-hybridized carbons (Fsp3) is 0.917. The molecule has 2 fully saturated rings. The van der Waals surface area contributed by atoms with E-state index < -0.39 is 24.1 Å².